The first-order valence-corrected chi connectivity index (χ1v) is 7.57. The Kier molecular flexibility index (Phi) is 1.99. The molecule has 17 heavy (non-hydrogen) atoms. The van der Waals surface area contributed by atoms with Crippen LogP contribution in [0.5, 0.6) is 0 Å². The molecule has 0 amide bonds. The standard InChI is InChI=1S/C13H12N2S2/c1-8-12(11-6-3-7-16-11)14-13-15(8)9-4-2-5-10(9)17-13/h3,6-7H,2,4-5H2,1H3. The molecule has 4 heteroatoms. The molecule has 0 radical (unpaired) electrons. The highest BCUT2D eigenvalue weighted by atomic mass is 32.1. The quantitative estimate of drug-likeness (QED) is 0.648. The third-order valence-electron chi connectivity index (χ3n) is 3.46. The molecule has 3 aromatic heterocycles. The number of fused-ring (bicyclic) bond motifs is 3. The summed E-state index contributed by atoms with van der Waals surface area (Å²) < 4.78 is 2.38. The fourth-order valence-corrected chi connectivity index (χ4v) is 4.68. The van der Waals surface area contributed by atoms with Gasteiger partial charge in [0, 0.05) is 16.3 Å². The van der Waals surface area contributed by atoms with Crippen molar-refractivity contribution in [3.8, 4) is 10.6 Å². The molecule has 0 aliphatic heterocycles. The van der Waals surface area contributed by atoms with Crippen LogP contribution in [-0.2, 0) is 12.8 Å². The topological polar surface area (TPSA) is 17.3 Å². The Hall–Kier alpha value is -1.13. The maximum absolute atomic E-state index is 4.81. The molecule has 0 unspecified atom stereocenters. The second kappa shape index (κ2) is 3.43. The Morgan fingerprint density at radius 3 is 3.12 bits per heavy atom. The summed E-state index contributed by atoms with van der Waals surface area (Å²) in [6, 6.07) is 4.25. The first-order valence-electron chi connectivity index (χ1n) is 5.88. The summed E-state index contributed by atoms with van der Waals surface area (Å²) in [5, 5.41) is 2.12. The van der Waals surface area contributed by atoms with Crippen molar-refractivity contribution in [2.24, 2.45) is 0 Å². The van der Waals surface area contributed by atoms with Gasteiger partial charge in [-0.1, -0.05) is 6.07 Å². The van der Waals surface area contributed by atoms with Crippen molar-refractivity contribution in [2.45, 2.75) is 26.2 Å². The van der Waals surface area contributed by atoms with Gasteiger partial charge in [0.2, 0.25) is 0 Å². The molecular weight excluding hydrogens is 248 g/mol. The van der Waals surface area contributed by atoms with Gasteiger partial charge in [-0.25, -0.2) is 4.98 Å². The molecule has 1 aliphatic carbocycles. The van der Waals surface area contributed by atoms with Crippen molar-refractivity contribution in [2.75, 3.05) is 0 Å². The molecule has 86 valence electrons. The lowest BCUT2D eigenvalue weighted by Gasteiger charge is -1.98. The lowest BCUT2D eigenvalue weighted by Crippen LogP contribution is -1.91. The third-order valence-corrected chi connectivity index (χ3v) is 5.47. The van der Waals surface area contributed by atoms with E-state index in [1.54, 1.807) is 16.2 Å². The fraction of sp³-hybridized carbons (Fsp3) is 0.308. The summed E-state index contributed by atoms with van der Waals surface area (Å²) in [6.45, 7) is 2.19. The van der Waals surface area contributed by atoms with Crippen LogP contribution in [0.4, 0.5) is 0 Å². The molecule has 4 rings (SSSR count). The summed E-state index contributed by atoms with van der Waals surface area (Å²) in [5.74, 6) is 0. The average molecular weight is 260 g/mol. The smallest absolute Gasteiger partial charge is 0.194 e. The number of imidazole rings is 1. The van der Waals surface area contributed by atoms with Crippen LogP contribution in [0.1, 0.15) is 22.7 Å². The fourth-order valence-electron chi connectivity index (χ4n) is 2.67. The van der Waals surface area contributed by atoms with E-state index in [0.717, 1.165) is 0 Å². The number of hydrogen-bond donors (Lipinski definition) is 0. The van der Waals surface area contributed by atoms with Gasteiger partial charge in [-0.2, -0.15) is 0 Å². The van der Waals surface area contributed by atoms with Crippen molar-refractivity contribution in [1.82, 2.24) is 9.38 Å². The average Bonchev–Trinajstić information content (AvgIpc) is 3.00. The second-order valence-electron chi connectivity index (χ2n) is 4.47. The Morgan fingerprint density at radius 1 is 1.35 bits per heavy atom. The predicted molar refractivity (Wildman–Crippen MR) is 73.1 cm³/mol. The zero-order valence-electron chi connectivity index (χ0n) is 9.56. The van der Waals surface area contributed by atoms with Gasteiger partial charge in [0.25, 0.3) is 0 Å². The zero-order chi connectivity index (χ0) is 11.4. The highest BCUT2D eigenvalue weighted by Crippen LogP contribution is 2.36. The zero-order valence-corrected chi connectivity index (χ0v) is 11.2. The predicted octanol–water partition coefficient (Wildman–Crippen LogP) is 3.92. The first-order chi connectivity index (χ1) is 8.34. The molecule has 0 atom stereocenters. The number of hydrogen-bond acceptors (Lipinski definition) is 3. The number of aryl methyl sites for hydroxylation is 3. The molecule has 0 spiro atoms. The van der Waals surface area contributed by atoms with E-state index in [2.05, 4.69) is 28.8 Å². The molecule has 0 bridgehead atoms. The van der Waals surface area contributed by atoms with Crippen LogP contribution < -0.4 is 0 Å². The largest absolute Gasteiger partial charge is 0.291 e. The van der Waals surface area contributed by atoms with Gasteiger partial charge in [-0.05, 0) is 37.6 Å². The van der Waals surface area contributed by atoms with Gasteiger partial charge in [0.1, 0.15) is 5.69 Å². The summed E-state index contributed by atoms with van der Waals surface area (Å²) in [6.07, 6.45) is 3.77. The van der Waals surface area contributed by atoms with Crippen LogP contribution >= 0.6 is 22.7 Å². The van der Waals surface area contributed by atoms with Gasteiger partial charge >= 0.3 is 0 Å². The highest BCUT2D eigenvalue weighted by Gasteiger charge is 2.22. The van der Waals surface area contributed by atoms with Crippen molar-refractivity contribution in [1.29, 1.82) is 0 Å². The molecule has 0 saturated heterocycles. The van der Waals surface area contributed by atoms with Crippen LogP contribution in [0.3, 0.4) is 0 Å². The monoisotopic (exact) mass is 260 g/mol. The minimum absolute atomic E-state index is 1.17. The molecule has 1 aliphatic rings. The molecule has 0 fully saturated rings. The molecule has 0 aromatic carbocycles. The van der Waals surface area contributed by atoms with Gasteiger partial charge in [0.05, 0.1) is 4.88 Å². The van der Waals surface area contributed by atoms with Gasteiger partial charge in [0.15, 0.2) is 4.96 Å². The number of aromatic nitrogens is 2. The summed E-state index contributed by atoms with van der Waals surface area (Å²) in [7, 11) is 0. The third kappa shape index (κ3) is 1.28. The first kappa shape index (κ1) is 9.85. The highest BCUT2D eigenvalue weighted by molar-refractivity contribution is 7.17. The molecule has 2 nitrogen and oxygen atoms in total. The summed E-state index contributed by atoms with van der Waals surface area (Å²) in [5.41, 5.74) is 3.99. The van der Waals surface area contributed by atoms with E-state index in [0.29, 0.717) is 0 Å². The maximum Gasteiger partial charge on any atom is 0.194 e. The Balaban J connectivity index is 2.02. The summed E-state index contributed by atoms with van der Waals surface area (Å²) in [4.78, 5) is 8.82. The van der Waals surface area contributed by atoms with E-state index < -0.39 is 0 Å². The molecule has 0 N–H and O–H groups in total. The van der Waals surface area contributed by atoms with Crippen molar-refractivity contribution < 1.29 is 0 Å². The van der Waals surface area contributed by atoms with Crippen LogP contribution in [0.25, 0.3) is 15.5 Å². The number of thiophene rings is 1. The van der Waals surface area contributed by atoms with E-state index in [9.17, 15) is 0 Å². The maximum atomic E-state index is 4.81. The second-order valence-corrected chi connectivity index (χ2v) is 6.48. The minimum Gasteiger partial charge on any atom is -0.291 e. The Bertz CT molecular complexity index is 689. The normalized spacial score (nSPS) is 14.6. The molecular formula is C13H12N2S2. The lowest BCUT2D eigenvalue weighted by molar-refractivity contribution is 0.882. The van der Waals surface area contributed by atoms with E-state index in [1.165, 1.54) is 46.2 Å². The number of thiazole rings is 1. The van der Waals surface area contributed by atoms with Crippen LogP contribution in [0, 0.1) is 6.92 Å². The Morgan fingerprint density at radius 2 is 2.29 bits per heavy atom. The van der Waals surface area contributed by atoms with Gasteiger partial charge in [-0.15, -0.1) is 22.7 Å². The lowest BCUT2D eigenvalue weighted by atomic mass is 10.3. The van der Waals surface area contributed by atoms with Crippen molar-refractivity contribution >= 4 is 27.6 Å². The molecule has 3 heterocycles. The van der Waals surface area contributed by atoms with Gasteiger partial charge in [-0.3, -0.25) is 4.40 Å². The van der Waals surface area contributed by atoms with E-state index in [4.69, 9.17) is 4.98 Å². The van der Waals surface area contributed by atoms with Crippen LogP contribution in [0.15, 0.2) is 17.5 Å². The number of nitrogens with zero attached hydrogens (tertiary/aromatic N) is 2. The minimum atomic E-state index is 1.17. The van der Waals surface area contributed by atoms with Crippen LogP contribution in [0.2, 0.25) is 0 Å². The van der Waals surface area contributed by atoms with Gasteiger partial charge < -0.3 is 0 Å². The van der Waals surface area contributed by atoms with Crippen LogP contribution in [-0.4, -0.2) is 9.38 Å². The SMILES string of the molecule is Cc1c(-c2cccs2)nc2sc3c(n12)CCC3. The Labute approximate surface area is 108 Å². The van der Waals surface area contributed by atoms with E-state index in [1.807, 2.05) is 11.3 Å². The van der Waals surface area contributed by atoms with E-state index >= 15 is 0 Å². The van der Waals surface area contributed by atoms with Crippen molar-refractivity contribution in [3.05, 3.63) is 33.8 Å². The number of rotatable bonds is 1. The summed E-state index contributed by atoms with van der Waals surface area (Å²) >= 11 is 3.65. The van der Waals surface area contributed by atoms with E-state index in [-0.39, 0.29) is 0 Å². The molecule has 0 saturated carbocycles. The molecule has 3 aromatic rings. The van der Waals surface area contributed by atoms with Crippen molar-refractivity contribution in [3.63, 3.8) is 0 Å².